The normalized spacial score (nSPS) is 11.9. The van der Waals surface area contributed by atoms with Crippen molar-refractivity contribution in [3.8, 4) is 28.2 Å². The van der Waals surface area contributed by atoms with Gasteiger partial charge in [-0.2, -0.15) is 120 Å². The first kappa shape index (κ1) is 70.5. The van der Waals surface area contributed by atoms with Gasteiger partial charge in [-0.1, -0.05) is 195 Å². The van der Waals surface area contributed by atoms with E-state index in [9.17, 15) is 0 Å². The second kappa shape index (κ2) is 39.8. The van der Waals surface area contributed by atoms with E-state index in [4.69, 9.17) is 9.97 Å². The van der Waals surface area contributed by atoms with Crippen molar-refractivity contribution >= 4 is 21.8 Å². The third kappa shape index (κ3) is 16.7. The minimum Gasteiger partial charge on any atom is -0.664 e. The third-order valence-corrected chi connectivity index (χ3v) is 11.0. The van der Waals surface area contributed by atoms with E-state index in [1.54, 1.807) is 12.4 Å². The number of benzene rings is 6. The Hall–Kier alpha value is -4.56. The topological polar surface area (TPSA) is 58.9 Å². The monoisotopic (exact) mass is 1160 g/mol. The molecule has 8 aromatic rings. The predicted molar refractivity (Wildman–Crippen MR) is 315 cm³/mol. The number of fused-ring (bicyclic) bond motifs is 9. The van der Waals surface area contributed by atoms with Gasteiger partial charge in [0.2, 0.25) is 5.95 Å². The van der Waals surface area contributed by atoms with Crippen LogP contribution in [0, 0.1) is 24.3 Å². The number of nitrogens with zero attached hydrogens (tertiary/aromatic N) is 5. The van der Waals surface area contributed by atoms with Gasteiger partial charge in [0.25, 0.3) is 0 Å². The number of likely N-dealkylation sites (N-methyl/N-ethyl adjacent to an activating group) is 2. The quantitative estimate of drug-likeness (QED) is 0.107. The van der Waals surface area contributed by atoms with Crippen LogP contribution in [-0.2, 0) is 53.7 Å². The molecule has 6 aromatic carbocycles. The van der Waals surface area contributed by atoms with Crippen molar-refractivity contribution in [2.45, 2.75) is 149 Å². The van der Waals surface area contributed by atoms with Gasteiger partial charge in [-0.15, -0.1) is 35.3 Å². The van der Waals surface area contributed by atoms with E-state index >= 15 is 0 Å². The van der Waals surface area contributed by atoms with Crippen molar-refractivity contribution in [1.82, 2.24) is 14.5 Å². The average molecular weight is 1170 g/mol. The third-order valence-electron chi connectivity index (χ3n) is 11.0. The molecule has 2 unspecified atom stereocenters. The summed E-state index contributed by atoms with van der Waals surface area (Å²) in [6.07, 6.45) is 5.01. The van der Waals surface area contributed by atoms with Gasteiger partial charge in [-0.05, 0) is 41.9 Å². The zero-order chi connectivity index (χ0) is 53.5. The minimum atomic E-state index is 0. The van der Waals surface area contributed by atoms with Crippen molar-refractivity contribution < 1.29 is 40.8 Å². The molecular weight excluding hydrogens is 1080 g/mol. The summed E-state index contributed by atoms with van der Waals surface area (Å²) < 4.78 is 2.11. The fraction of sp³-hybridized carbons (Fsp3) is 0.394. The summed E-state index contributed by atoms with van der Waals surface area (Å²) in [6.45, 7) is 37.5. The Bertz CT molecular complexity index is 2520. The molecule has 2 atom stereocenters. The fourth-order valence-corrected chi connectivity index (χ4v) is 8.66. The van der Waals surface area contributed by atoms with Gasteiger partial charge in [-0.3, -0.25) is 0 Å². The van der Waals surface area contributed by atoms with Crippen molar-refractivity contribution in [3.63, 3.8) is 0 Å². The molecule has 2 aromatic heterocycles. The molecule has 2 heterocycles. The van der Waals surface area contributed by atoms with Crippen molar-refractivity contribution in [2.75, 3.05) is 27.2 Å². The van der Waals surface area contributed by atoms with Crippen LogP contribution in [0.3, 0.4) is 0 Å². The first-order chi connectivity index (χ1) is 35.2. The van der Waals surface area contributed by atoms with Crippen LogP contribution in [0.1, 0.15) is 181 Å². The molecule has 0 aliphatic heterocycles. The number of rotatable bonds is 9. The molecule has 0 fully saturated rings. The summed E-state index contributed by atoms with van der Waals surface area (Å²) in [5, 5.41) is 11.3. The van der Waals surface area contributed by atoms with Gasteiger partial charge in [0.1, 0.15) is 0 Å². The van der Waals surface area contributed by atoms with Gasteiger partial charge in [0, 0.05) is 53.2 Å². The van der Waals surface area contributed by atoms with E-state index in [1.807, 2.05) is 145 Å². The van der Waals surface area contributed by atoms with Gasteiger partial charge >= 0.3 is 0 Å². The van der Waals surface area contributed by atoms with E-state index in [0.29, 0.717) is 18.8 Å². The van der Waals surface area contributed by atoms with Gasteiger partial charge in [0.05, 0.1) is 0 Å². The second-order valence-electron chi connectivity index (χ2n) is 14.1. The summed E-state index contributed by atoms with van der Waals surface area (Å²) in [6, 6.07) is 52.2. The standard InChI is InChI=1S/C48H35N5.9C2H6.2Pd/c1-49-28-44-36-10-5-3-8-34(36)38-16-12-30(24-42(38)44)22-32-14-18-40-41-19-15-33(27-47(41)53(46(40)26-32)48-51-20-7-21-52-48)23-31-13-17-39-35-9-4-6-11-37(35)45(29-50-2)43(39)25-31;9*1-2;;/h3-21,44-45H,22-23,28-29H2,1-2H3;9*1-2H3;;/q-6;;;;;;;;;;;. The number of aromatic nitrogens is 3. The zero-order valence-corrected chi connectivity index (χ0v) is 51.4. The molecule has 0 saturated heterocycles. The molecule has 5 nitrogen and oxygen atoms in total. The van der Waals surface area contributed by atoms with Crippen molar-refractivity contribution in [1.29, 1.82) is 0 Å². The molecule has 0 N–H and O–H groups in total. The Morgan fingerprint density at radius 1 is 0.397 bits per heavy atom. The van der Waals surface area contributed by atoms with E-state index < -0.39 is 0 Å². The smallest absolute Gasteiger partial charge is 0.230 e. The molecular formula is C66H89N5Pd2-6. The van der Waals surface area contributed by atoms with Crippen LogP contribution in [0.5, 0.6) is 0 Å². The summed E-state index contributed by atoms with van der Waals surface area (Å²) in [5.74, 6) is 1.08. The molecule has 0 radical (unpaired) electrons. The van der Waals surface area contributed by atoms with Crippen LogP contribution in [0.15, 0.2) is 116 Å². The second-order valence-corrected chi connectivity index (χ2v) is 14.1. The Morgan fingerprint density at radius 3 is 1.08 bits per heavy atom. The maximum Gasteiger partial charge on any atom is 0.230 e. The summed E-state index contributed by atoms with van der Waals surface area (Å²) in [5.41, 5.74) is 16.6. The SMILES string of the molecule is CC.CC.CC.CC.CC.CC.CC.CC.CC.C[N-]CC1c2[c-]c(Cc3[c-]c4c(cc3)c3ccc(Cc5[c-]c6c(cc5)-c5ccccc5C6C[N-]C)[c-]c3n4-c3ncccn3)ccc2-c2ccccc21.[Pd].[Pd]. The molecule has 0 amide bonds. The molecule has 2 aliphatic rings. The molecule has 7 heteroatoms. The van der Waals surface area contributed by atoms with E-state index in [1.165, 1.54) is 44.5 Å². The number of hydrogen-bond acceptors (Lipinski definition) is 2. The van der Waals surface area contributed by atoms with E-state index in [-0.39, 0.29) is 52.7 Å². The van der Waals surface area contributed by atoms with Crippen LogP contribution >= 0.6 is 0 Å². The average Bonchev–Trinajstić information content (AvgIpc) is 4.08. The van der Waals surface area contributed by atoms with Gasteiger partial charge in [0.15, 0.2) is 0 Å². The Kier molecular flexibility index (Phi) is 38.5. The first-order valence-electron chi connectivity index (χ1n) is 27.3. The number of hydrogen-bond donors (Lipinski definition) is 0. The van der Waals surface area contributed by atoms with Crippen LogP contribution in [0.4, 0.5) is 0 Å². The Labute approximate surface area is 473 Å². The first-order valence-corrected chi connectivity index (χ1v) is 27.3. The van der Waals surface area contributed by atoms with Crippen LogP contribution < -0.4 is 0 Å². The van der Waals surface area contributed by atoms with Crippen molar-refractivity contribution in [2.24, 2.45) is 0 Å². The fourth-order valence-electron chi connectivity index (χ4n) is 8.66. The molecule has 73 heavy (non-hydrogen) atoms. The molecule has 0 bridgehead atoms. The molecule has 10 rings (SSSR count). The predicted octanol–water partition coefficient (Wildman–Crippen LogP) is 19.4. The maximum atomic E-state index is 4.70. The summed E-state index contributed by atoms with van der Waals surface area (Å²) >= 11 is 0. The molecule has 404 valence electrons. The molecule has 0 saturated carbocycles. The summed E-state index contributed by atoms with van der Waals surface area (Å²) in [4.78, 5) is 9.40. The van der Waals surface area contributed by atoms with Gasteiger partial charge < -0.3 is 15.2 Å². The Morgan fingerprint density at radius 2 is 0.726 bits per heavy atom. The largest absolute Gasteiger partial charge is 0.664 e. The molecule has 0 spiro atoms. The summed E-state index contributed by atoms with van der Waals surface area (Å²) in [7, 11) is 3.80. The minimum absolute atomic E-state index is 0. The van der Waals surface area contributed by atoms with Gasteiger partial charge in [-0.25, -0.2) is 9.97 Å². The Balaban J connectivity index is 0. The molecule has 2 aliphatic carbocycles. The van der Waals surface area contributed by atoms with Crippen LogP contribution in [0.2, 0.25) is 0 Å². The maximum absolute atomic E-state index is 4.70. The zero-order valence-electron chi connectivity index (χ0n) is 48.3. The van der Waals surface area contributed by atoms with E-state index in [0.717, 1.165) is 57.1 Å². The van der Waals surface area contributed by atoms with Crippen LogP contribution in [0.25, 0.3) is 60.6 Å². The van der Waals surface area contributed by atoms with Crippen molar-refractivity contribution in [3.05, 3.63) is 195 Å². The van der Waals surface area contributed by atoms with Crippen LogP contribution in [-0.4, -0.2) is 41.7 Å². The van der Waals surface area contributed by atoms with E-state index in [2.05, 4.69) is 137 Å².